The highest BCUT2D eigenvalue weighted by Crippen LogP contribution is 2.47. The molecule has 1 saturated carbocycles. The second-order valence-electron chi connectivity index (χ2n) is 10.3. The molecule has 0 N–H and O–H groups in total. The summed E-state index contributed by atoms with van der Waals surface area (Å²) in [5, 5.41) is 0. The van der Waals surface area contributed by atoms with Gasteiger partial charge in [0.2, 0.25) is 0 Å². The average Bonchev–Trinajstić information content (AvgIpc) is 2.78. The summed E-state index contributed by atoms with van der Waals surface area (Å²) in [7, 11) is 0. The van der Waals surface area contributed by atoms with Gasteiger partial charge in [0.1, 0.15) is 0 Å². The van der Waals surface area contributed by atoms with Crippen LogP contribution < -0.4 is 0 Å². The Morgan fingerprint density at radius 1 is 1.11 bits per heavy atom. The quantitative estimate of drug-likeness (QED) is 0.266. The molecule has 0 unspecified atom stereocenters. The van der Waals surface area contributed by atoms with E-state index in [1.165, 1.54) is 0 Å². The van der Waals surface area contributed by atoms with Gasteiger partial charge in [0, 0.05) is 18.8 Å². The minimum Gasteiger partial charge on any atom is -0.465 e. The predicted octanol–water partition coefficient (Wildman–Crippen LogP) is 6.27. The summed E-state index contributed by atoms with van der Waals surface area (Å²) in [4.78, 5) is 26.9. The third-order valence-corrected chi connectivity index (χ3v) is 7.66. The monoisotopic (exact) mass is 550 g/mol. The first-order chi connectivity index (χ1) is 16.6. The molecule has 1 aliphatic carbocycles. The Labute approximate surface area is 217 Å². The van der Waals surface area contributed by atoms with Gasteiger partial charge in [-0.1, -0.05) is 59.6 Å². The summed E-state index contributed by atoms with van der Waals surface area (Å²) in [6.45, 7) is 10.2. The van der Waals surface area contributed by atoms with Crippen molar-refractivity contribution in [3.63, 3.8) is 0 Å². The molecule has 1 heterocycles. The number of hydrogen-bond donors (Lipinski definition) is 0. The first-order valence-corrected chi connectivity index (χ1v) is 13.5. The molecule has 4 atom stereocenters. The maximum Gasteiger partial charge on any atom is 0.324 e. The fourth-order valence-corrected chi connectivity index (χ4v) is 6.11. The van der Waals surface area contributed by atoms with Gasteiger partial charge in [0.05, 0.1) is 24.9 Å². The minimum absolute atomic E-state index is 0.0173. The molecule has 1 aliphatic heterocycles. The highest BCUT2D eigenvalue weighted by Gasteiger charge is 2.55. The molecule has 1 aromatic rings. The summed E-state index contributed by atoms with van der Waals surface area (Å²) < 4.78 is 24.4. The molecule has 1 saturated heterocycles. The number of ether oxygens (including phenoxy) is 4. The van der Waals surface area contributed by atoms with Crippen LogP contribution in [0.2, 0.25) is 0 Å². The number of halogens is 1. The molecule has 3 rings (SSSR count). The van der Waals surface area contributed by atoms with Gasteiger partial charge in [0.15, 0.2) is 11.7 Å². The molecule has 0 radical (unpaired) electrons. The lowest BCUT2D eigenvalue weighted by molar-refractivity contribution is -0.316. The smallest absolute Gasteiger partial charge is 0.324 e. The largest absolute Gasteiger partial charge is 0.465 e. The first-order valence-electron chi connectivity index (χ1n) is 12.7. The van der Waals surface area contributed by atoms with E-state index < -0.39 is 29.2 Å². The predicted molar refractivity (Wildman–Crippen MR) is 139 cm³/mol. The van der Waals surface area contributed by atoms with Gasteiger partial charge < -0.3 is 18.9 Å². The fourth-order valence-electron chi connectivity index (χ4n) is 5.37. The van der Waals surface area contributed by atoms with Crippen molar-refractivity contribution in [2.24, 2.45) is 17.3 Å². The van der Waals surface area contributed by atoms with Gasteiger partial charge in [0.25, 0.3) is 0 Å². The van der Waals surface area contributed by atoms with E-state index in [0.717, 1.165) is 24.8 Å². The molecule has 0 bridgehead atoms. The minimum atomic E-state index is -1.61. The van der Waals surface area contributed by atoms with Crippen molar-refractivity contribution >= 4 is 33.9 Å². The third-order valence-electron chi connectivity index (χ3n) is 7.15. The van der Waals surface area contributed by atoms with Gasteiger partial charge >= 0.3 is 11.9 Å². The van der Waals surface area contributed by atoms with E-state index in [2.05, 4.69) is 36.7 Å². The normalized spacial score (nSPS) is 26.5. The van der Waals surface area contributed by atoms with E-state index in [1.807, 2.05) is 36.4 Å². The van der Waals surface area contributed by atoms with Crippen LogP contribution in [0.4, 0.5) is 0 Å². The van der Waals surface area contributed by atoms with Crippen LogP contribution in [0, 0.1) is 17.3 Å². The Bertz CT molecular complexity index is 878. The van der Waals surface area contributed by atoms with Crippen LogP contribution in [0.3, 0.4) is 0 Å². The van der Waals surface area contributed by atoms with Crippen molar-refractivity contribution < 1.29 is 28.5 Å². The van der Waals surface area contributed by atoms with Gasteiger partial charge in [-0.3, -0.25) is 9.59 Å². The third kappa shape index (κ3) is 6.75. The molecule has 35 heavy (non-hydrogen) atoms. The highest BCUT2D eigenvalue weighted by molar-refractivity contribution is 9.11. The van der Waals surface area contributed by atoms with Gasteiger partial charge in [-0.25, -0.2) is 0 Å². The van der Waals surface area contributed by atoms with Crippen LogP contribution in [0.15, 0.2) is 34.8 Å². The number of rotatable bonds is 9. The first kappa shape index (κ1) is 27.9. The van der Waals surface area contributed by atoms with Gasteiger partial charge in [-0.15, -0.1) is 0 Å². The van der Waals surface area contributed by atoms with Crippen LogP contribution in [-0.2, 0) is 28.5 Å². The number of carbonyl (C=O) groups is 2. The number of allylic oxidation sites excluding steroid dienone is 1. The molecule has 194 valence electrons. The fraction of sp³-hybridized carbons (Fsp3) is 0.643. The second-order valence-corrected chi connectivity index (χ2v) is 11.3. The molecule has 6 nitrogen and oxygen atoms in total. The summed E-state index contributed by atoms with van der Waals surface area (Å²) in [5.41, 5.74) is -1.09. The topological polar surface area (TPSA) is 71.1 Å². The number of hydrogen-bond acceptors (Lipinski definition) is 6. The van der Waals surface area contributed by atoms with Crippen LogP contribution in [0.5, 0.6) is 0 Å². The molecule has 1 aromatic carbocycles. The van der Waals surface area contributed by atoms with Crippen LogP contribution >= 0.6 is 15.9 Å². The Hall–Kier alpha value is -1.70. The number of fused-ring (bicyclic) bond motifs is 1. The molecular formula is C28H39BrO6. The molecule has 7 heteroatoms. The van der Waals surface area contributed by atoms with E-state index >= 15 is 0 Å². The second kappa shape index (κ2) is 12.0. The molecule has 0 spiro atoms. The molecule has 0 aromatic heterocycles. The lowest BCUT2D eigenvalue weighted by Gasteiger charge is -2.51. The Morgan fingerprint density at radius 2 is 1.74 bits per heavy atom. The van der Waals surface area contributed by atoms with Crippen molar-refractivity contribution in [1.82, 2.24) is 0 Å². The van der Waals surface area contributed by atoms with Gasteiger partial charge in [-0.2, -0.15) is 0 Å². The molecular weight excluding hydrogens is 512 g/mol. The van der Waals surface area contributed by atoms with E-state index in [9.17, 15) is 9.59 Å². The Morgan fingerprint density at radius 3 is 2.34 bits per heavy atom. The van der Waals surface area contributed by atoms with Crippen molar-refractivity contribution in [3.8, 4) is 0 Å². The number of carbonyl (C=O) groups excluding carboxylic acids is 2. The van der Waals surface area contributed by atoms with Crippen molar-refractivity contribution in [2.45, 2.75) is 84.7 Å². The zero-order valence-corrected chi connectivity index (χ0v) is 23.1. The molecule has 0 amide bonds. The van der Waals surface area contributed by atoms with Crippen molar-refractivity contribution in [1.29, 1.82) is 0 Å². The SMILES string of the molecule is CCOC(=O)C(C/C(Br)=C/c1ccccc1)(C[C@H]1O[C@H]2C[C@@H](C)CC[C@@H]2C(C)(C)O1)C(=O)OCC. The van der Waals surface area contributed by atoms with E-state index in [4.69, 9.17) is 18.9 Å². The summed E-state index contributed by atoms with van der Waals surface area (Å²) >= 11 is 3.60. The van der Waals surface area contributed by atoms with Crippen LogP contribution in [0.1, 0.15) is 72.3 Å². The Balaban J connectivity index is 1.95. The standard InChI is InChI=1S/C28H39BrO6/c1-6-32-25(30)28(26(31)33-7-2,17-21(29)16-20-11-9-8-10-12-20)18-24-34-23-15-19(3)13-14-22(23)27(4,5)35-24/h8-12,16,19,22-24H,6-7,13-15,17-18H2,1-5H3/b21-16-/t19-,22-,23-,24-/m0/s1. The van der Waals surface area contributed by atoms with Crippen LogP contribution in [-0.4, -0.2) is 43.1 Å². The van der Waals surface area contributed by atoms with E-state index in [1.54, 1.807) is 13.8 Å². The lowest BCUT2D eigenvalue weighted by atomic mass is 9.72. The van der Waals surface area contributed by atoms with Crippen LogP contribution in [0.25, 0.3) is 6.08 Å². The summed E-state index contributed by atoms with van der Waals surface area (Å²) in [5.74, 6) is -0.408. The average molecular weight is 552 g/mol. The maximum atomic E-state index is 13.5. The summed E-state index contributed by atoms with van der Waals surface area (Å²) in [6, 6.07) is 9.72. The molecule has 2 aliphatic rings. The Kier molecular flexibility index (Phi) is 9.58. The zero-order valence-electron chi connectivity index (χ0n) is 21.6. The molecule has 2 fully saturated rings. The maximum absolute atomic E-state index is 13.5. The zero-order chi connectivity index (χ0) is 25.6. The lowest BCUT2D eigenvalue weighted by Crippen LogP contribution is -2.56. The number of benzene rings is 1. The van der Waals surface area contributed by atoms with Crippen molar-refractivity contribution in [2.75, 3.05) is 13.2 Å². The highest BCUT2D eigenvalue weighted by atomic mass is 79.9. The number of esters is 2. The van der Waals surface area contributed by atoms with E-state index in [-0.39, 0.29) is 38.1 Å². The summed E-state index contributed by atoms with van der Waals surface area (Å²) in [6.07, 6.45) is 4.42. The van der Waals surface area contributed by atoms with E-state index in [0.29, 0.717) is 10.4 Å². The van der Waals surface area contributed by atoms with Gasteiger partial charge in [-0.05, 0) is 62.6 Å². The van der Waals surface area contributed by atoms with Crippen molar-refractivity contribution in [3.05, 3.63) is 40.4 Å².